The fraction of sp³-hybridized carbons (Fsp3) is 0.333. The summed E-state index contributed by atoms with van der Waals surface area (Å²) >= 11 is 0. The molecule has 0 fully saturated rings. The highest BCUT2D eigenvalue weighted by Crippen LogP contribution is 2.37. The second-order valence-electron chi connectivity index (χ2n) is 3.69. The predicted molar refractivity (Wildman–Crippen MR) is 59.0 cm³/mol. The van der Waals surface area contributed by atoms with Crippen molar-refractivity contribution < 1.29 is 32.2 Å². The molecule has 1 aromatic rings. The molecule has 0 aliphatic heterocycles. The van der Waals surface area contributed by atoms with Gasteiger partial charge in [-0.15, -0.1) is 0 Å². The fourth-order valence-electron chi connectivity index (χ4n) is 1.57. The van der Waals surface area contributed by atoms with Gasteiger partial charge in [0.25, 0.3) is 0 Å². The third kappa shape index (κ3) is 2.69. The van der Waals surface area contributed by atoms with Gasteiger partial charge in [-0.2, -0.15) is 8.78 Å². The van der Waals surface area contributed by atoms with E-state index in [1.54, 1.807) is 0 Å². The SMILES string of the molecule is COc1c(F)c(F)c(F)c(OC)c1C(=O)CC(C)=O. The summed E-state index contributed by atoms with van der Waals surface area (Å²) in [6.07, 6.45) is -0.600. The molecule has 0 amide bonds. The van der Waals surface area contributed by atoms with Crippen LogP contribution in [0.1, 0.15) is 23.7 Å². The Morgan fingerprint density at radius 2 is 1.37 bits per heavy atom. The summed E-state index contributed by atoms with van der Waals surface area (Å²) in [5.41, 5.74) is -0.628. The Bertz CT molecular complexity index is 509. The molecule has 0 unspecified atom stereocenters. The number of carbonyl (C=O) groups is 2. The molecule has 0 saturated carbocycles. The standard InChI is InChI=1S/C12H11F3O4/c1-5(16)4-6(17)7-11(18-2)9(14)8(13)10(15)12(7)19-3/h4H2,1-3H3. The zero-order chi connectivity index (χ0) is 14.7. The quantitative estimate of drug-likeness (QED) is 0.470. The minimum Gasteiger partial charge on any atom is -0.493 e. The van der Waals surface area contributed by atoms with Crippen LogP contribution in [0.15, 0.2) is 0 Å². The Hall–Kier alpha value is -2.05. The normalized spacial score (nSPS) is 10.2. The maximum atomic E-state index is 13.5. The lowest BCUT2D eigenvalue weighted by Crippen LogP contribution is -2.13. The molecule has 0 spiro atoms. The van der Waals surface area contributed by atoms with E-state index in [0.717, 1.165) is 21.1 Å². The van der Waals surface area contributed by atoms with Crippen LogP contribution in [0.4, 0.5) is 13.2 Å². The van der Waals surface area contributed by atoms with Gasteiger partial charge in [-0.05, 0) is 6.92 Å². The Labute approximate surface area is 107 Å². The maximum Gasteiger partial charge on any atom is 0.204 e. The van der Waals surface area contributed by atoms with E-state index < -0.39 is 52.5 Å². The average Bonchev–Trinajstić information content (AvgIpc) is 2.34. The lowest BCUT2D eigenvalue weighted by molar-refractivity contribution is -0.116. The molecule has 0 atom stereocenters. The van der Waals surface area contributed by atoms with E-state index in [1.807, 2.05) is 0 Å². The molecule has 4 nitrogen and oxygen atoms in total. The van der Waals surface area contributed by atoms with E-state index in [9.17, 15) is 22.8 Å². The van der Waals surface area contributed by atoms with Crippen molar-refractivity contribution in [3.8, 4) is 11.5 Å². The highest BCUT2D eigenvalue weighted by molar-refractivity contribution is 6.10. The van der Waals surface area contributed by atoms with Crippen LogP contribution in [0.2, 0.25) is 0 Å². The molecule has 0 aliphatic carbocycles. The number of hydrogen-bond acceptors (Lipinski definition) is 4. The van der Waals surface area contributed by atoms with E-state index in [4.69, 9.17) is 0 Å². The molecule has 7 heteroatoms. The van der Waals surface area contributed by atoms with Crippen LogP contribution < -0.4 is 9.47 Å². The topological polar surface area (TPSA) is 52.6 Å². The van der Waals surface area contributed by atoms with Crippen LogP contribution in [-0.4, -0.2) is 25.8 Å². The number of rotatable bonds is 5. The summed E-state index contributed by atoms with van der Waals surface area (Å²) in [6.45, 7) is 1.13. The number of ketones is 2. The minimum absolute atomic E-state index is 0.515. The van der Waals surface area contributed by atoms with Crippen molar-refractivity contribution in [1.29, 1.82) is 0 Å². The number of ether oxygens (including phenoxy) is 2. The lowest BCUT2D eigenvalue weighted by Gasteiger charge is -2.14. The van der Waals surface area contributed by atoms with Crippen molar-refractivity contribution in [1.82, 2.24) is 0 Å². The second kappa shape index (κ2) is 5.73. The molecular formula is C12H11F3O4. The zero-order valence-corrected chi connectivity index (χ0v) is 10.5. The first-order chi connectivity index (χ1) is 8.84. The van der Waals surface area contributed by atoms with Gasteiger partial charge in [0.05, 0.1) is 20.6 Å². The van der Waals surface area contributed by atoms with Crippen LogP contribution in [0.5, 0.6) is 11.5 Å². The summed E-state index contributed by atoms with van der Waals surface area (Å²) in [5.74, 6) is -8.12. The maximum absolute atomic E-state index is 13.5. The van der Waals surface area contributed by atoms with Gasteiger partial charge in [-0.1, -0.05) is 0 Å². The van der Waals surface area contributed by atoms with Crippen molar-refractivity contribution in [3.05, 3.63) is 23.0 Å². The first kappa shape index (κ1) is 15.0. The van der Waals surface area contributed by atoms with E-state index >= 15 is 0 Å². The number of halogens is 3. The Kier molecular flexibility index (Phi) is 4.52. The van der Waals surface area contributed by atoms with Crippen molar-refractivity contribution >= 4 is 11.6 Å². The molecular weight excluding hydrogens is 265 g/mol. The first-order valence-corrected chi connectivity index (χ1v) is 5.16. The second-order valence-corrected chi connectivity index (χ2v) is 3.69. The number of carbonyl (C=O) groups excluding carboxylic acids is 2. The Morgan fingerprint density at radius 1 is 0.947 bits per heavy atom. The summed E-state index contributed by atoms with van der Waals surface area (Å²) < 4.78 is 49.4. The summed E-state index contributed by atoms with van der Waals surface area (Å²) in [6, 6.07) is 0. The van der Waals surface area contributed by atoms with E-state index in [1.165, 1.54) is 0 Å². The molecule has 0 aliphatic rings. The first-order valence-electron chi connectivity index (χ1n) is 5.16. The molecule has 1 aromatic carbocycles. The van der Waals surface area contributed by atoms with Gasteiger partial charge in [-0.25, -0.2) is 4.39 Å². The van der Waals surface area contributed by atoms with Gasteiger partial charge < -0.3 is 9.47 Å². The highest BCUT2D eigenvalue weighted by atomic mass is 19.2. The molecule has 0 aromatic heterocycles. The zero-order valence-electron chi connectivity index (χ0n) is 10.5. The van der Waals surface area contributed by atoms with Crippen LogP contribution in [0.3, 0.4) is 0 Å². The largest absolute Gasteiger partial charge is 0.493 e. The van der Waals surface area contributed by atoms with Crippen molar-refractivity contribution in [2.45, 2.75) is 13.3 Å². The van der Waals surface area contributed by atoms with E-state index in [2.05, 4.69) is 9.47 Å². The third-order valence-corrected chi connectivity index (χ3v) is 2.33. The fourth-order valence-corrected chi connectivity index (χ4v) is 1.57. The molecule has 0 heterocycles. The monoisotopic (exact) mass is 276 g/mol. The van der Waals surface area contributed by atoms with Gasteiger partial charge in [-0.3, -0.25) is 9.59 Å². The Balaban J connectivity index is 3.59. The summed E-state index contributed by atoms with van der Waals surface area (Å²) in [5, 5.41) is 0. The van der Waals surface area contributed by atoms with Crippen LogP contribution >= 0.6 is 0 Å². The molecule has 104 valence electrons. The van der Waals surface area contributed by atoms with Crippen molar-refractivity contribution in [2.24, 2.45) is 0 Å². The van der Waals surface area contributed by atoms with Gasteiger partial charge in [0.15, 0.2) is 17.3 Å². The number of methoxy groups -OCH3 is 2. The average molecular weight is 276 g/mol. The van der Waals surface area contributed by atoms with Gasteiger partial charge in [0.1, 0.15) is 11.3 Å². The minimum atomic E-state index is -1.81. The third-order valence-electron chi connectivity index (χ3n) is 2.33. The lowest BCUT2D eigenvalue weighted by atomic mass is 10.0. The number of benzene rings is 1. The predicted octanol–water partition coefficient (Wildman–Crippen LogP) is 2.28. The van der Waals surface area contributed by atoms with Crippen LogP contribution in [-0.2, 0) is 4.79 Å². The van der Waals surface area contributed by atoms with Crippen LogP contribution in [0, 0.1) is 17.5 Å². The van der Waals surface area contributed by atoms with Gasteiger partial charge in [0.2, 0.25) is 17.5 Å². The van der Waals surface area contributed by atoms with Gasteiger partial charge >= 0.3 is 0 Å². The van der Waals surface area contributed by atoms with Crippen molar-refractivity contribution in [3.63, 3.8) is 0 Å². The smallest absolute Gasteiger partial charge is 0.204 e. The van der Waals surface area contributed by atoms with Crippen LogP contribution in [0.25, 0.3) is 0 Å². The molecule has 0 N–H and O–H groups in total. The Morgan fingerprint density at radius 3 is 1.68 bits per heavy atom. The summed E-state index contributed by atoms with van der Waals surface area (Å²) in [7, 11) is 1.97. The molecule has 0 saturated heterocycles. The van der Waals surface area contributed by atoms with Gasteiger partial charge in [0, 0.05) is 0 Å². The number of Topliss-reactive ketones (excluding diaryl/α,β-unsaturated/α-hetero) is 2. The molecule has 19 heavy (non-hydrogen) atoms. The highest BCUT2D eigenvalue weighted by Gasteiger charge is 2.30. The molecule has 0 radical (unpaired) electrons. The van der Waals surface area contributed by atoms with Crippen molar-refractivity contribution in [2.75, 3.05) is 14.2 Å². The van der Waals surface area contributed by atoms with E-state index in [-0.39, 0.29) is 0 Å². The summed E-state index contributed by atoms with van der Waals surface area (Å²) in [4.78, 5) is 22.7. The van der Waals surface area contributed by atoms with E-state index in [0.29, 0.717) is 0 Å². The molecule has 0 bridgehead atoms. The molecule has 1 rings (SSSR count). The number of hydrogen-bond donors (Lipinski definition) is 0.